The van der Waals surface area contributed by atoms with Crippen LogP contribution in [-0.2, 0) is 6.54 Å². The van der Waals surface area contributed by atoms with E-state index in [0.717, 1.165) is 19.0 Å². The Morgan fingerprint density at radius 2 is 2.00 bits per heavy atom. The molecule has 0 saturated heterocycles. The van der Waals surface area contributed by atoms with E-state index in [4.69, 9.17) is 0 Å². The van der Waals surface area contributed by atoms with Gasteiger partial charge in [0.2, 0.25) is 0 Å². The number of hydrogen-bond acceptors (Lipinski definition) is 2. The average molecular weight is 247 g/mol. The second-order valence-electron chi connectivity index (χ2n) is 5.61. The molecule has 2 rings (SSSR count). The van der Waals surface area contributed by atoms with Gasteiger partial charge in [-0.3, -0.25) is 4.90 Å². The molecule has 2 unspecified atom stereocenters. The van der Waals surface area contributed by atoms with Crippen molar-refractivity contribution < 1.29 is 5.11 Å². The van der Waals surface area contributed by atoms with Gasteiger partial charge >= 0.3 is 0 Å². The van der Waals surface area contributed by atoms with E-state index in [1.165, 1.54) is 31.2 Å². The molecule has 0 amide bonds. The minimum Gasteiger partial charge on any atom is -0.395 e. The first kappa shape index (κ1) is 13.6. The van der Waals surface area contributed by atoms with E-state index in [1.54, 1.807) is 0 Å². The Bertz CT molecular complexity index is 338. The molecule has 2 atom stereocenters. The van der Waals surface area contributed by atoms with Crippen LogP contribution in [0.4, 0.5) is 0 Å². The lowest BCUT2D eigenvalue weighted by molar-refractivity contribution is 0.102. The molecule has 1 aliphatic rings. The number of hydrogen-bond donors (Lipinski definition) is 1. The Kier molecular flexibility index (Phi) is 5.21. The van der Waals surface area contributed by atoms with E-state index < -0.39 is 0 Å². The molecule has 1 aliphatic carbocycles. The van der Waals surface area contributed by atoms with Gasteiger partial charge in [-0.2, -0.15) is 0 Å². The van der Waals surface area contributed by atoms with Gasteiger partial charge in [0.05, 0.1) is 6.61 Å². The zero-order valence-corrected chi connectivity index (χ0v) is 11.4. The van der Waals surface area contributed by atoms with Crippen LogP contribution in [0.1, 0.15) is 38.2 Å². The van der Waals surface area contributed by atoms with Gasteiger partial charge in [0.25, 0.3) is 0 Å². The summed E-state index contributed by atoms with van der Waals surface area (Å²) in [7, 11) is 0. The highest BCUT2D eigenvalue weighted by atomic mass is 16.3. The van der Waals surface area contributed by atoms with Gasteiger partial charge in [0.15, 0.2) is 0 Å². The summed E-state index contributed by atoms with van der Waals surface area (Å²) >= 11 is 0. The molecule has 1 aromatic carbocycles. The van der Waals surface area contributed by atoms with Crippen molar-refractivity contribution in [2.45, 2.75) is 45.2 Å². The van der Waals surface area contributed by atoms with Crippen molar-refractivity contribution in [2.24, 2.45) is 5.92 Å². The molecule has 1 N–H and O–H groups in total. The fourth-order valence-corrected chi connectivity index (χ4v) is 3.07. The van der Waals surface area contributed by atoms with Crippen molar-refractivity contribution in [3.8, 4) is 0 Å². The van der Waals surface area contributed by atoms with Crippen LogP contribution in [0.5, 0.6) is 0 Å². The predicted octanol–water partition coefficient (Wildman–Crippen LogP) is 3.06. The molecule has 2 nitrogen and oxygen atoms in total. The lowest BCUT2D eigenvalue weighted by Gasteiger charge is -2.36. The van der Waals surface area contributed by atoms with E-state index in [0.29, 0.717) is 6.04 Å². The number of rotatable bonds is 5. The zero-order valence-electron chi connectivity index (χ0n) is 11.4. The van der Waals surface area contributed by atoms with Gasteiger partial charge in [0, 0.05) is 19.1 Å². The Morgan fingerprint density at radius 1 is 1.22 bits per heavy atom. The molecule has 1 fully saturated rings. The Morgan fingerprint density at radius 3 is 2.67 bits per heavy atom. The molecular formula is C16H25NO. The largest absolute Gasteiger partial charge is 0.395 e. The predicted molar refractivity (Wildman–Crippen MR) is 75.4 cm³/mol. The zero-order chi connectivity index (χ0) is 12.8. The summed E-state index contributed by atoms with van der Waals surface area (Å²) in [5.74, 6) is 0.834. The summed E-state index contributed by atoms with van der Waals surface area (Å²) < 4.78 is 0. The van der Waals surface area contributed by atoms with Crippen LogP contribution in [0, 0.1) is 5.92 Å². The minimum atomic E-state index is 0.262. The SMILES string of the molecule is CC1CCCC(N(CCO)Cc2ccccc2)C1. The van der Waals surface area contributed by atoms with Crippen molar-refractivity contribution in [3.05, 3.63) is 35.9 Å². The van der Waals surface area contributed by atoms with Crippen LogP contribution < -0.4 is 0 Å². The van der Waals surface area contributed by atoms with Crippen LogP contribution in [0.15, 0.2) is 30.3 Å². The minimum absolute atomic E-state index is 0.262. The second-order valence-corrected chi connectivity index (χ2v) is 5.61. The summed E-state index contributed by atoms with van der Waals surface area (Å²) in [6.45, 7) is 4.38. The number of benzene rings is 1. The highest BCUT2D eigenvalue weighted by Crippen LogP contribution is 2.28. The van der Waals surface area contributed by atoms with E-state index in [1.807, 2.05) is 0 Å². The molecule has 0 heterocycles. The molecule has 1 saturated carbocycles. The van der Waals surface area contributed by atoms with E-state index in [-0.39, 0.29) is 6.61 Å². The quantitative estimate of drug-likeness (QED) is 0.864. The first-order valence-electron chi connectivity index (χ1n) is 7.18. The van der Waals surface area contributed by atoms with Crippen molar-refractivity contribution in [1.82, 2.24) is 4.90 Å². The van der Waals surface area contributed by atoms with Gasteiger partial charge < -0.3 is 5.11 Å². The molecule has 0 radical (unpaired) electrons. The third-order valence-electron chi connectivity index (χ3n) is 4.04. The molecule has 0 bridgehead atoms. The fourth-order valence-electron chi connectivity index (χ4n) is 3.07. The van der Waals surface area contributed by atoms with Crippen molar-refractivity contribution >= 4 is 0 Å². The first-order chi connectivity index (χ1) is 8.79. The van der Waals surface area contributed by atoms with E-state index >= 15 is 0 Å². The van der Waals surface area contributed by atoms with Crippen molar-refractivity contribution in [1.29, 1.82) is 0 Å². The lowest BCUT2D eigenvalue weighted by Crippen LogP contribution is -2.39. The molecule has 1 aromatic rings. The van der Waals surface area contributed by atoms with Gasteiger partial charge in [0.1, 0.15) is 0 Å². The van der Waals surface area contributed by atoms with Gasteiger partial charge in [-0.1, -0.05) is 50.1 Å². The van der Waals surface area contributed by atoms with E-state index in [2.05, 4.69) is 42.2 Å². The maximum absolute atomic E-state index is 9.27. The number of nitrogens with zero attached hydrogens (tertiary/aromatic N) is 1. The van der Waals surface area contributed by atoms with Crippen LogP contribution in [0.3, 0.4) is 0 Å². The molecule has 0 aliphatic heterocycles. The number of aliphatic hydroxyl groups is 1. The van der Waals surface area contributed by atoms with Crippen molar-refractivity contribution in [2.75, 3.05) is 13.2 Å². The smallest absolute Gasteiger partial charge is 0.0558 e. The topological polar surface area (TPSA) is 23.5 Å². The normalized spacial score (nSPS) is 24.4. The molecule has 18 heavy (non-hydrogen) atoms. The Hall–Kier alpha value is -0.860. The summed E-state index contributed by atoms with van der Waals surface area (Å²) in [5.41, 5.74) is 1.35. The molecule has 0 aromatic heterocycles. The van der Waals surface area contributed by atoms with Gasteiger partial charge in [-0.25, -0.2) is 0 Å². The van der Waals surface area contributed by atoms with E-state index in [9.17, 15) is 5.11 Å². The van der Waals surface area contributed by atoms with Gasteiger partial charge in [-0.15, -0.1) is 0 Å². The Labute approximate surface area is 111 Å². The van der Waals surface area contributed by atoms with Crippen molar-refractivity contribution in [3.63, 3.8) is 0 Å². The standard InChI is InChI=1S/C16H25NO/c1-14-6-5-9-16(12-14)17(10-11-18)13-15-7-3-2-4-8-15/h2-4,7-8,14,16,18H,5-6,9-13H2,1H3. The van der Waals surface area contributed by atoms with Crippen LogP contribution in [-0.4, -0.2) is 29.2 Å². The lowest BCUT2D eigenvalue weighted by atomic mass is 9.86. The summed E-state index contributed by atoms with van der Waals surface area (Å²) in [5, 5.41) is 9.27. The first-order valence-corrected chi connectivity index (χ1v) is 7.18. The third-order valence-corrected chi connectivity index (χ3v) is 4.04. The summed E-state index contributed by atoms with van der Waals surface area (Å²) in [4.78, 5) is 2.46. The molecule has 0 spiro atoms. The van der Waals surface area contributed by atoms with Crippen LogP contribution >= 0.6 is 0 Å². The van der Waals surface area contributed by atoms with Gasteiger partial charge in [-0.05, 0) is 24.3 Å². The second kappa shape index (κ2) is 6.91. The highest BCUT2D eigenvalue weighted by Gasteiger charge is 2.24. The average Bonchev–Trinajstić information content (AvgIpc) is 2.39. The molecule has 100 valence electrons. The molecular weight excluding hydrogens is 222 g/mol. The molecule has 2 heteroatoms. The maximum atomic E-state index is 9.27. The fraction of sp³-hybridized carbons (Fsp3) is 0.625. The maximum Gasteiger partial charge on any atom is 0.0558 e. The highest BCUT2D eigenvalue weighted by molar-refractivity contribution is 5.14. The summed E-state index contributed by atoms with van der Waals surface area (Å²) in [6.07, 6.45) is 5.28. The Balaban J connectivity index is 1.98. The number of aliphatic hydroxyl groups excluding tert-OH is 1. The third kappa shape index (κ3) is 3.82. The monoisotopic (exact) mass is 247 g/mol. The summed E-state index contributed by atoms with van der Waals surface area (Å²) in [6, 6.07) is 11.3. The van der Waals surface area contributed by atoms with Crippen LogP contribution in [0.25, 0.3) is 0 Å². The van der Waals surface area contributed by atoms with Crippen LogP contribution in [0.2, 0.25) is 0 Å².